The number of anilines is 1. The molecule has 1 N–H and O–H groups in total. The lowest BCUT2D eigenvalue weighted by atomic mass is 9.79. The number of fused-ring (bicyclic) bond motifs is 1. The lowest BCUT2D eigenvalue weighted by Crippen LogP contribution is -2.44. The molecule has 6 nitrogen and oxygen atoms in total. The maximum Gasteiger partial charge on any atom is 0.254 e. The predicted molar refractivity (Wildman–Crippen MR) is 124 cm³/mol. The molecule has 0 spiro atoms. The molecule has 0 bridgehead atoms. The van der Waals surface area contributed by atoms with E-state index in [0.29, 0.717) is 17.1 Å². The van der Waals surface area contributed by atoms with Crippen LogP contribution in [0, 0.1) is 11.6 Å². The van der Waals surface area contributed by atoms with Crippen molar-refractivity contribution in [2.75, 3.05) is 26.6 Å². The van der Waals surface area contributed by atoms with Crippen molar-refractivity contribution in [2.24, 2.45) is 0 Å². The van der Waals surface area contributed by atoms with Crippen molar-refractivity contribution in [2.45, 2.75) is 12.0 Å². The van der Waals surface area contributed by atoms with Crippen molar-refractivity contribution in [3.63, 3.8) is 0 Å². The lowest BCUT2D eigenvalue weighted by molar-refractivity contribution is -0.119. The number of rotatable bonds is 5. The average Bonchev–Trinajstić information content (AvgIpc) is 2.83. The Kier molecular flexibility index (Phi) is 6.43. The zero-order valence-electron chi connectivity index (χ0n) is 18.6. The highest BCUT2D eigenvalue weighted by Crippen LogP contribution is 2.46. The number of ether oxygens (including phenoxy) is 2. The SMILES string of the molecule is COc1cc2c(cc1OC)[C@H](C(=O)Nc1ccc(F)c(Cl)c1)[C@H](c1ccccc1F)N(C)C2=O. The molecule has 0 saturated heterocycles. The van der Waals surface area contributed by atoms with E-state index in [4.69, 9.17) is 21.1 Å². The number of amides is 2. The molecule has 3 aromatic carbocycles. The normalized spacial score (nSPS) is 17.2. The van der Waals surface area contributed by atoms with Crippen LogP contribution in [-0.4, -0.2) is 38.0 Å². The fraction of sp³-hybridized carbons (Fsp3) is 0.200. The van der Waals surface area contributed by atoms with E-state index >= 15 is 0 Å². The third-order valence-electron chi connectivity index (χ3n) is 5.87. The molecule has 34 heavy (non-hydrogen) atoms. The van der Waals surface area contributed by atoms with E-state index in [9.17, 15) is 18.4 Å². The van der Waals surface area contributed by atoms with Gasteiger partial charge in [0.2, 0.25) is 5.91 Å². The molecule has 0 aromatic heterocycles. The van der Waals surface area contributed by atoms with Gasteiger partial charge in [0.05, 0.1) is 31.2 Å². The van der Waals surface area contributed by atoms with Crippen LogP contribution in [0.2, 0.25) is 5.02 Å². The Morgan fingerprint density at radius 3 is 2.29 bits per heavy atom. The van der Waals surface area contributed by atoms with Gasteiger partial charge in [0.1, 0.15) is 11.6 Å². The Morgan fingerprint density at radius 1 is 0.971 bits per heavy atom. The summed E-state index contributed by atoms with van der Waals surface area (Å²) < 4.78 is 39.2. The van der Waals surface area contributed by atoms with E-state index in [-0.39, 0.29) is 21.8 Å². The number of hydrogen-bond donors (Lipinski definition) is 1. The number of nitrogens with one attached hydrogen (secondary N) is 1. The number of halogens is 3. The van der Waals surface area contributed by atoms with E-state index in [2.05, 4.69) is 5.32 Å². The number of methoxy groups -OCH3 is 2. The van der Waals surface area contributed by atoms with Crippen LogP contribution in [-0.2, 0) is 4.79 Å². The molecule has 3 aromatic rings. The van der Waals surface area contributed by atoms with Gasteiger partial charge in [-0.2, -0.15) is 0 Å². The first-order chi connectivity index (χ1) is 16.3. The summed E-state index contributed by atoms with van der Waals surface area (Å²) in [6.07, 6.45) is 0. The maximum absolute atomic E-state index is 14.9. The van der Waals surface area contributed by atoms with E-state index in [1.165, 1.54) is 62.6 Å². The van der Waals surface area contributed by atoms with Crippen LogP contribution in [0.3, 0.4) is 0 Å². The molecule has 9 heteroatoms. The van der Waals surface area contributed by atoms with E-state index in [1.807, 2.05) is 0 Å². The number of likely N-dealkylation sites (N-methyl/N-ethyl adjacent to an activating group) is 1. The summed E-state index contributed by atoms with van der Waals surface area (Å²) in [7, 11) is 4.38. The smallest absolute Gasteiger partial charge is 0.254 e. The molecule has 2 amide bonds. The largest absolute Gasteiger partial charge is 0.493 e. The highest BCUT2D eigenvalue weighted by Gasteiger charge is 2.44. The van der Waals surface area contributed by atoms with E-state index in [1.54, 1.807) is 12.1 Å². The van der Waals surface area contributed by atoms with Crippen molar-refractivity contribution < 1.29 is 27.8 Å². The number of benzene rings is 3. The van der Waals surface area contributed by atoms with Crippen molar-refractivity contribution in [3.05, 3.63) is 87.9 Å². The molecular formula is C25H21ClF2N2O4. The summed E-state index contributed by atoms with van der Waals surface area (Å²) in [6.45, 7) is 0. The van der Waals surface area contributed by atoms with Gasteiger partial charge in [-0.1, -0.05) is 29.8 Å². The summed E-state index contributed by atoms with van der Waals surface area (Å²) >= 11 is 5.87. The van der Waals surface area contributed by atoms with Crippen molar-refractivity contribution >= 4 is 29.1 Å². The van der Waals surface area contributed by atoms with Gasteiger partial charge >= 0.3 is 0 Å². The number of hydrogen-bond acceptors (Lipinski definition) is 4. The fourth-order valence-electron chi connectivity index (χ4n) is 4.23. The van der Waals surface area contributed by atoms with Gasteiger partial charge in [-0.15, -0.1) is 0 Å². The first-order valence-corrected chi connectivity index (χ1v) is 10.7. The standard InChI is InChI=1S/C25H21ClF2N2O4/c1-30-23(14-6-4-5-7-18(14)27)22(24(31)29-13-8-9-19(28)17(26)10-13)15-11-20(33-2)21(34-3)12-16(15)25(30)32/h4-12,22-23H,1-3H3,(H,29,31)/t22-,23-/m0/s1. The monoisotopic (exact) mass is 486 g/mol. The van der Waals surface area contributed by atoms with Crippen LogP contribution < -0.4 is 14.8 Å². The second-order valence-corrected chi connectivity index (χ2v) is 8.18. The third kappa shape index (κ3) is 4.05. The molecule has 0 unspecified atom stereocenters. The molecule has 1 aliphatic heterocycles. The van der Waals surface area contributed by atoms with Crippen LogP contribution in [0.5, 0.6) is 11.5 Å². The van der Waals surface area contributed by atoms with Crippen molar-refractivity contribution in [1.29, 1.82) is 0 Å². The highest BCUT2D eigenvalue weighted by molar-refractivity contribution is 6.31. The minimum absolute atomic E-state index is 0.161. The van der Waals surface area contributed by atoms with Gasteiger partial charge in [-0.05, 0) is 42.0 Å². The molecule has 1 heterocycles. The van der Waals surface area contributed by atoms with E-state index < -0.39 is 35.4 Å². The summed E-state index contributed by atoms with van der Waals surface area (Å²) in [5, 5.41) is 2.56. The molecule has 176 valence electrons. The van der Waals surface area contributed by atoms with Gasteiger partial charge < -0.3 is 19.7 Å². The van der Waals surface area contributed by atoms with E-state index in [0.717, 1.165) is 6.07 Å². The zero-order valence-corrected chi connectivity index (χ0v) is 19.3. The van der Waals surface area contributed by atoms with Crippen molar-refractivity contribution in [3.8, 4) is 11.5 Å². The number of carbonyl (C=O) groups is 2. The Bertz CT molecular complexity index is 1280. The van der Waals surface area contributed by atoms with Crippen LogP contribution in [0.15, 0.2) is 54.6 Å². The number of nitrogens with zero attached hydrogens (tertiary/aromatic N) is 1. The average molecular weight is 487 g/mol. The van der Waals surface area contributed by atoms with Crippen LogP contribution in [0.1, 0.15) is 33.4 Å². The molecule has 4 rings (SSSR count). The van der Waals surface area contributed by atoms with Gasteiger partial charge in [-0.25, -0.2) is 8.78 Å². The first kappa shape index (κ1) is 23.5. The Hall–Kier alpha value is -3.65. The summed E-state index contributed by atoms with van der Waals surface area (Å²) in [6, 6.07) is 11.8. The minimum Gasteiger partial charge on any atom is -0.493 e. The molecule has 2 atom stereocenters. The molecule has 0 saturated carbocycles. The van der Waals surface area contributed by atoms with Crippen molar-refractivity contribution in [1.82, 2.24) is 4.90 Å². The first-order valence-electron chi connectivity index (χ1n) is 10.3. The summed E-state index contributed by atoms with van der Waals surface area (Å²) in [4.78, 5) is 28.3. The molecule has 0 aliphatic carbocycles. The molecule has 0 fully saturated rings. The third-order valence-corrected chi connectivity index (χ3v) is 6.16. The topological polar surface area (TPSA) is 67.9 Å². The Labute approximate surface area is 200 Å². The Morgan fingerprint density at radius 2 is 1.65 bits per heavy atom. The van der Waals surface area contributed by atoms with Crippen LogP contribution >= 0.6 is 11.6 Å². The van der Waals surface area contributed by atoms with Gasteiger partial charge in [0, 0.05) is 23.9 Å². The minimum atomic E-state index is -1.03. The molecule has 1 aliphatic rings. The summed E-state index contributed by atoms with van der Waals surface area (Å²) in [5.74, 6) is -2.53. The van der Waals surface area contributed by atoms with Crippen LogP contribution in [0.25, 0.3) is 0 Å². The lowest BCUT2D eigenvalue weighted by Gasteiger charge is -2.40. The second kappa shape index (κ2) is 9.30. The quantitative estimate of drug-likeness (QED) is 0.539. The predicted octanol–water partition coefficient (Wildman–Crippen LogP) is 5.18. The zero-order chi connectivity index (χ0) is 24.6. The van der Waals surface area contributed by atoms with Gasteiger partial charge in [-0.3, -0.25) is 9.59 Å². The second-order valence-electron chi connectivity index (χ2n) is 7.77. The van der Waals surface area contributed by atoms with Gasteiger partial charge in [0.15, 0.2) is 11.5 Å². The molecular weight excluding hydrogens is 466 g/mol. The Balaban J connectivity index is 1.89. The molecule has 0 radical (unpaired) electrons. The summed E-state index contributed by atoms with van der Waals surface area (Å²) in [5.41, 5.74) is 1.01. The van der Waals surface area contributed by atoms with Crippen LogP contribution in [0.4, 0.5) is 14.5 Å². The fourth-order valence-corrected chi connectivity index (χ4v) is 4.41. The highest BCUT2D eigenvalue weighted by atomic mass is 35.5. The maximum atomic E-state index is 14.9. The van der Waals surface area contributed by atoms with Gasteiger partial charge in [0.25, 0.3) is 5.91 Å². The number of carbonyl (C=O) groups excluding carboxylic acids is 2.